The van der Waals surface area contributed by atoms with E-state index in [0.717, 1.165) is 0 Å². The van der Waals surface area contributed by atoms with Crippen LogP contribution in [0.3, 0.4) is 0 Å². The van der Waals surface area contributed by atoms with E-state index in [2.05, 4.69) is 16.6 Å². The largest absolute Gasteiger partial charge is 0.465 e. The second-order valence-corrected chi connectivity index (χ2v) is 3.74. The molecule has 0 aliphatic heterocycles. The highest BCUT2D eigenvalue weighted by Crippen LogP contribution is 2.10. The van der Waals surface area contributed by atoms with Gasteiger partial charge in [-0.1, -0.05) is 18.7 Å². The smallest absolute Gasteiger partial charge is 0.337 e. The predicted molar refractivity (Wildman–Crippen MR) is 71.8 cm³/mol. The summed E-state index contributed by atoms with van der Waals surface area (Å²) in [4.78, 5) is 11.3. The van der Waals surface area contributed by atoms with Gasteiger partial charge in [0.25, 0.3) is 0 Å². The molecule has 102 valence electrons. The Balaban J connectivity index is 3.19. The fourth-order valence-electron chi connectivity index (χ4n) is 1.30. The van der Waals surface area contributed by atoms with Crippen molar-refractivity contribution < 1.29 is 26.2 Å². The maximum atomic E-state index is 11.3. The number of methoxy groups -OCH3 is 2. The molecule has 0 unspecified atom stereocenters. The topological polar surface area (TPSA) is 55.8 Å². The minimum Gasteiger partial charge on any atom is -0.465 e. The molecule has 4 heteroatoms. The molecule has 1 atom stereocenters. The molecule has 19 heavy (non-hydrogen) atoms. The van der Waals surface area contributed by atoms with E-state index in [-0.39, 0.29) is 0 Å². The van der Waals surface area contributed by atoms with Crippen molar-refractivity contribution in [3.63, 3.8) is 0 Å². The first-order valence-electron chi connectivity index (χ1n) is 7.91. The number of carbonyl (C=O) groups excluding carboxylic acids is 1. The van der Waals surface area contributed by atoms with Gasteiger partial charge in [0.15, 0.2) is 0 Å². The van der Waals surface area contributed by atoms with Crippen LogP contribution in [-0.4, -0.2) is 37.5 Å². The minimum absolute atomic E-state index is 0.299. The highest BCUT2D eigenvalue weighted by molar-refractivity contribution is 5.89. The Bertz CT molecular complexity index is 643. The molecule has 0 fully saturated rings. The lowest BCUT2D eigenvalue weighted by Crippen LogP contribution is -2.31. The summed E-state index contributed by atoms with van der Waals surface area (Å²) in [5.41, 5.74) is -1.87. The van der Waals surface area contributed by atoms with Gasteiger partial charge in [-0.25, -0.2) is 4.79 Å². The number of esters is 1. The first kappa shape index (κ1) is 9.13. The second-order valence-electron chi connectivity index (χ2n) is 3.74. The van der Waals surface area contributed by atoms with E-state index in [9.17, 15) is 9.90 Å². The Morgan fingerprint density at radius 2 is 2.16 bits per heavy atom. The van der Waals surface area contributed by atoms with Crippen molar-refractivity contribution in [1.29, 1.82) is 0 Å². The molecule has 1 aromatic carbocycles. The molecule has 0 bridgehead atoms. The van der Waals surface area contributed by atoms with Crippen LogP contribution >= 0.6 is 0 Å². The third-order valence-corrected chi connectivity index (χ3v) is 2.28. The van der Waals surface area contributed by atoms with Crippen LogP contribution in [0.2, 0.25) is 0 Å². The van der Waals surface area contributed by atoms with Crippen molar-refractivity contribution in [2.75, 3.05) is 20.8 Å². The monoisotopic (exact) mass is 267 g/mol. The van der Waals surface area contributed by atoms with Crippen LogP contribution in [0, 0.1) is 11.8 Å². The summed E-state index contributed by atoms with van der Waals surface area (Å²) in [7, 11) is 2.45. The lowest BCUT2D eigenvalue weighted by Gasteiger charge is -2.18. The molecular formula is C15H18O4. The number of aliphatic hydroxyl groups is 1. The maximum Gasteiger partial charge on any atom is 0.337 e. The zero-order valence-electron chi connectivity index (χ0n) is 15.7. The SMILES string of the molecule is [2H]C([2H])([2H])C([2H])([2H])[C@](O)(C#Cc1ccc(C(=O)OC)cc1)COC. The number of carbonyl (C=O) groups is 1. The van der Waals surface area contributed by atoms with E-state index < -0.39 is 31.4 Å². The van der Waals surface area contributed by atoms with Crippen molar-refractivity contribution in [3.05, 3.63) is 35.4 Å². The van der Waals surface area contributed by atoms with Crippen molar-refractivity contribution in [2.45, 2.75) is 18.8 Å². The fourth-order valence-corrected chi connectivity index (χ4v) is 1.30. The third kappa shape index (κ3) is 4.40. The normalized spacial score (nSPS) is 18.4. The Hall–Kier alpha value is -1.83. The molecule has 0 aliphatic carbocycles. The van der Waals surface area contributed by atoms with E-state index in [1.54, 1.807) is 0 Å². The average molecular weight is 267 g/mol. The van der Waals surface area contributed by atoms with Crippen LogP contribution in [0.25, 0.3) is 0 Å². The number of hydrogen-bond donors (Lipinski definition) is 1. The van der Waals surface area contributed by atoms with Gasteiger partial charge in [-0.2, -0.15) is 0 Å². The molecule has 0 spiro atoms. The van der Waals surface area contributed by atoms with E-state index >= 15 is 0 Å². The highest BCUT2D eigenvalue weighted by Gasteiger charge is 2.21. The quantitative estimate of drug-likeness (QED) is 0.665. The summed E-state index contributed by atoms with van der Waals surface area (Å²) in [5, 5.41) is 10.4. The van der Waals surface area contributed by atoms with Gasteiger partial charge >= 0.3 is 5.97 Å². The first-order valence-corrected chi connectivity index (χ1v) is 5.41. The van der Waals surface area contributed by atoms with Gasteiger partial charge in [0.2, 0.25) is 0 Å². The number of benzene rings is 1. The fraction of sp³-hybridized carbons (Fsp3) is 0.400. The molecule has 1 rings (SSSR count). The standard InChI is InChI=1S/C15H18O4/c1-4-15(17,11-18-2)10-9-12-5-7-13(8-6-12)14(16)19-3/h5-8,17H,4,11H2,1-3H3/t15-/m0/s1/i1D3,4D2. The maximum absolute atomic E-state index is 11.3. The lowest BCUT2D eigenvalue weighted by molar-refractivity contribution is 0.0111. The Morgan fingerprint density at radius 3 is 2.68 bits per heavy atom. The van der Waals surface area contributed by atoms with Crippen LogP contribution < -0.4 is 0 Å². The summed E-state index contributed by atoms with van der Waals surface area (Å²) < 4.78 is 46.6. The third-order valence-electron chi connectivity index (χ3n) is 2.28. The van der Waals surface area contributed by atoms with Crippen molar-refractivity contribution in [2.24, 2.45) is 0 Å². The van der Waals surface area contributed by atoms with Gasteiger partial charge in [0, 0.05) is 19.5 Å². The molecule has 0 saturated carbocycles. The van der Waals surface area contributed by atoms with E-state index in [1.165, 1.54) is 38.5 Å². The number of rotatable bonds is 4. The zero-order chi connectivity index (χ0) is 18.6. The van der Waals surface area contributed by atoms with Gasteiger partial charge in [0.05, 0.1) is 19.3 Å². The Kier molecular flexibility index (Phi) is 3.33. The molecule has 0 heterocycles. The molecule has 4 nitrogen and oxygen atoms in total. The molecule has 0 amide bonds. The van der Waals surface area contributed by atoms with Gasteiger partial charge in [-0.3, -0.25) is 0 Å². The molecule has 0 aliphatic rings. The van der Waals surface area contributed by atoms with E-state index in [0.29, 0.717) is 11.1 Å². The van der Waals surface area contributed by atoms with Gasteiger partial charge in [-0.05, 0) is 30.6 Å². The summed E-state index contributed by atoms with van der Waals surface area (Å²) in [5.74, 6) is 4.24. The van der Waals surface area contributed by atoms with Gasteiger partial charge in [0.1, 0.15) is 5.60 Å². The minimum atomic E-state index is -3.09. The average Bonchev–Trinajstić information content (AvgIpc) is 2.51. The zero-order valence-corrected chi connectivity index (χ0v) is 10.7. The molecular weight excluding hydrogens is 244 g/mol. The van der Waals surface area contributed by atoms with Gasteiger partial charge < -0.3 is 14.6 Å². The highest BCUT2D eigenvalue weighted by atomic mass is 16.5. The predicted octanol–water partition coefficient (Wildman–Crippen LogP) is 1.61. The van der Waals surface area contributed by atoms with Crippen LogP contribution in [-0.2, 0) is 9.47 Å². The van der Waals surface area contributed by atoms with Crippen molar-refractivity contribution in [3.8, 4) is 11.8 Å². The summed E-state index contributed by atoms with van der Waals surface area (Å²) >= 11 is 0. The van der Waals surface area contributed by atoms with E-state index in [1.807, 2.05) is 0 Å². The van der Waals surface area contributed by atoms with Crippen LogP contribution in [0.15, 0.2) is 24.3 Å². The number of hydrogen-bond acceptors (Lipinski definition) is 4. The van der Waals surface area contributed by atoms with E-state index in [4.69, 9.17) is 11.6 Å². The molecule has 0 radical (unpaired) electrons. The second kappa shape index (κ2) is 6.93. The first-order chi connectivity index (χ1) is 11.0. The Labute approximate surface area is 120 Å². The van der Waals surface area contributed by atoms with Crippen molar-refractivity contribution >= 4 is 5.97 Å². The number of ether oxygens (including phenoxy) is 2. The molecule has 0 aromatic heterocycles. The van der Waals surface area contributed by atoms with Crippen LogP contribution in [0.5, 0.6) is 0 Å². The van der Waals surface area contributed by atoms with Crippen molar-refractivity contribution in [1.82, 2.24) is 0 Å². The van der Waals surface area contributed by atoms with Gasteiger partial charge in [-0.15, -0.1) is 0 Å². The summed E-state index contributed by atoms with van der Waals surface area (Å²) in [6, 6.07) is 5.84. The van der Waals surface area contributed by atoms with Crippen LogP contribution in [0.1, 0.15) is 36.0 Å². The Morgan fingerprint density at radius 1 is 1.47 bits per heavy atom. The molecule has 0 saturated heterocycles. The summed E-state index contributed by atoms with van der Waals surface area (Å²) in [6.45, 7) is -3.71. The molecule has 1 aromatic rings. The molecule has 1 N–H and O–H groups in total. The lowest BCUT2D eigenvalue weighted by atomic mass is 10.0. The summed E-state index contributed by atoms with van der Waals surface area (Å²) in [6.07, 6.45) is -3.00. The van der Waals surface area contributed by atoms with Crippen LogP contribution in [0.4, 0.5) is 0 Å².